The van der Waals surface area contributed by atoms with Crippen LogP contribution in [0, 0.1) is 0 Å². The van der Waals surface area contributed by atoms with Crippen molar-refractivity contribution in [2.45, 2.75) is 0 Å². The van der Waals surface area contributed by atoms with Crippen LogP contribution >= 0.6 is 0 Å². The van der Waals surface area contributed by atoms with Gasteiger partial charge in [-0.2, -0.15) is 31.4 Å². The molecule has 42 heavy (non-hydrogen) atoms. The fourth-order valence-electron chi connectivity index (χ4n) is 3.47. The predicted octanol–water partition coefficient (Wildman–Crippen LogP) is 4.14. The third-order valence-corrected chi connectivity index (χ3v) is 5.48. The molecular formula is C27H30N6O9. The summed E-state index contributed by atoms with van der Waals surface area (Å²) in [5.74, 6) is 4.30. The molecule has 15 heteroatoms. The van der Waals surface area contributed by atoms with Gasteiger partial charge in [-0.05, 0) is 36.4 Å². The molecule has 0 amide bonds. The van der Waals surface area contributed by atoms with Gasteiger partial charge in [0.05, 0.1) is 42.7 Å². The molecule has 0 saturated carbocycles. The number of rotatable bonds is 15. The Balaban J connectivity index is 1.54. The fourth-order valence-corrected chi connectivity index (χ4v) is 3.47. The van der Waals surface area contributed by atoms with E-state index in [-0.39, 0.29) is 17.8 Å². The number of aromatic nitrogens is 3. The second kappa shape index (κ2) is 14.1. The quantitative estimate of drug-likeness (QED) is 0.172. The first-order valence-electron chi connectivity index (χ1n) is 12.2. The molecule has 3 aromatic carbocycles. The smallest absolute Gasteiger partial charge is 0.263 e. The van der Waals surface area contributed by atoms with E-state index in [2.05, 4.69) is 31.4 Å². The van der Waals surface area contributed by atoms with Crippen molar-refractivity contribution in [3.8, 4) is 51.7 Å². The number of methoxy groups -OCH3 is 6. The van der Waals surface area contributed by atoms with Crippen LogP contribution in [0.1, 0.15) is 0 Å². The van der Waals surface area contributed by atoms with Crippen LogP contribution in [0.15, 0.2) is 54.6 Å². The molecular weight excluding hydrogens is 552 g/mol. The summed E-state index contributed by atoms with van der Waals surface area (Å²) in [5.41, 5.74) is 8.01. The van der Waals surface area contributed by atoms with Gasteiger partial charge in [0, 0.05) is 18.2 Å². The summed E-state index contributed by atoms with van der Waals surface area (Å²) in [7, 11) is 9.19. The maximum Gasteiger partial charge on any atom is 0.263 e. The van der Waals surface area contributed by atoms with Gasteiger partial charge < -0.3 is 42.9 Å². The maximum atomic E-state index is 5.64. The lowest BCUT2D eigenvalue weighted by Crippen LogP contribution is -2.17. The van der Waals surface area contributed by atoms with Crippen molar-refractivity contribution in [3.05, 3.63) is 54.6 Å². The molecule has 0 atom stereocenters. The average molecular weight is 583 g/mol. The van der Waals surface area contributed by atoms with E-state index in [1.54, 1.807) is 75.9 Å². The van der Waals surface area contributed by atoms with E-state index in [0.717, 1.165) is 0 Å². The van der Waals surface area contributed by atoms with Gasteiger partial charge in [-0.25, -0.2) is 0 Å². The Bertz CT molecular complexity index is 1300. The van der Waals surface area contributed by atoms with Gasteiger partial charge in [0.25, 0.3) is 17.8 Å². The Morgan fingerprint density at radius 2 is 0.643 bits per heavy atom. The largest absolute Gasteiger partial charge is 0.493 e. The summed E-state index contributed by atoms with van der Waals surface area (Å²) in [6, 6.07) is 15.0. The van der Waals surface area contributed by atoms with Crippen molar-refractivity contribution in [1.82, 2.24) is 15.0 Å². The molecule has 0 fully saturated rings. The molecule has 222 valence electrons. The summed E-state index contributed by atoms with van der Waals surface area (Å²) < 4.78 is 31.7. The number of ether oxygens (including phenoxy) is 6. The molecule has 0 saturated heterocycles. The van der Waals surface area contributed by atoms with Crippen LogP contribution in [-0.2, 0) is 0 Å². The molecule has 0 aliphatic heterocycles. The number of hydrogen-bond acceptors (Lipinski definition) is 15. The predicted molar refractivity (Wildman–Crippen MR) is 151 cm³/mol. The van der Waals surface area contributed by atoms with E-state index >= 15 is 0 Å². The van der Waals surface area contributed by atoms with E-state index < -0.39 is 0 Å². The van der Waals surface area contributed by atoms with E-state index in [9.17, 15) is 0 Å². The van der Waals surface area contributed by atoms with Crippen molar-refractivity contribution in [3.63, 3.8) is 0 Å². The van der Waals surface area contributed by atoms with Crippen LogP contribution in [-0.4, -0.2) is 57.6 Å². The summed E-state index contributed by atoms with van der Waals surface area (Å²) in [5, 5.41) is 0. The zero-order valence-corrected chi connectivity index (χ0v) is 23.7. The molecule has 0 unspecified atom stereocenters. The Hall–Kier alpha value is -5.73. The van der Waals surface area contributed by atoms with E-state index in [4.69, 9.17) is 42.9 Å². The minimum atomic E-state index is 0.0107. The third-order valence-electron chi connectivity index (χ3n) is 5.48. The third kappa shape index (κ3) is 7.26. The molecule has 15 nitrogen and oxygen atoms in total. The lowest BCUT2D eigenvalue weighted by molar-refractivity contribution is 0.345. The van der Waals surface area contributed by atoms with Crippen LogP contribution in [0.3, 0.4) is 0 Å². The van der Waals surface area contributed by atoms with Crippen LogP contribution < -0.4 is 59.4 Å². The van der Waals surface area contributed by atoms with Gasteiger partial charge in [0.1, 0.15) is 0 Å². The Morgan fingerprint density at radius 1 is 0.381 bits per heavy atom. The fraction of sp³-hybridized carbons (Fsp3) is 0.222. The summed E-state index contributed by atoms with van der Waals surface area (Å²) in [6.45, 7) is 0. The first kappa shape index (κ1) is 29.3. The molecule has 0 radical (unpaired) electrons. The molecule has 1 heterocycles. The Morgan fingerprint density at radius 3 is 0.881 bits per heavy atom. The van der Waals surface area contributed by atoms with Crippen LogP contribution in [0.5, 0.6) is 51.7 Å². The van der Waals surface area contributed by atoms with E-state index in [1.165, 1.54) is 21.3 Å². The Kier molecular flexibility index (Phi) is 9.80. The second-order valence-corrected chi connectivity index (χ2v) is 7.97. The molecule has 3 N–H and O–H groups in total. The summed E-state index contributed by atoms with van der Waals surface area (Å²) in [6.07, 6.45) is 0. The van der Waals surface area contributed by atoms with Gasteiger partial charge in [0.2, 0.25) is 0 Å². The van der Waals surface area contributed by atoms with Crippen molar-refractivity contribution in [2.24, 2.45) is 0 Å². The molecule has 0 spiro atoms. The number of anilines is 3. The minimum absolute atomic E-state index is 0.0107. The van der Waals surface area contributed by atoms with Crippen molar-refractivity contribution in [2.75, 3.05) is 59.1 Å². The second-order valence-electron chi connectivity index (χ2n) is 7.97. The van der Waals surface area contributed by atoms with E-state index in [1.807, 2.05) is 0 Å². The number of hydrogen-bond donors (Lipinski definition) is 3. The standard InChI is InChI=1S/C27H30N6O9/c1-34-19-10-7-16(13-22(19)37-4)40-31-25-28-26(32-41-17-8-11-20(35-2)23(14-17)38-5)30-27(29-25)33-42-18-9-12-21(36-3)24(15-18)39-6/h7-15H,1-6H3,(H3,28,29,30,31,32,33). The summed E-state index contributed by atoms with van der Waals surface area (Å²) >= 11 is 0. The lowest BCUT2D eigenvalue weighted by Gasteiger charge is -2.14. The van der Waals surface area contributed by atoms with Crippen molar-refractivity contribution < 1.29 is 42.9 Å². The van der Waals surface area contributed by atoms with Gasteiger partial charge in [0.15, 0.2) is 51.7 Å². The molecule has 0 aliphatic carbocycles. The molecule has 4 rings (SSSR count). The topological polar surface area (TPSA) is 158 Å². The SMILES string of the molecule is COc1ccc(ONc2nc(NOc3ccc(OC)c(OC)c3)nc(NOc3ccc(OC)c(OC)c3)n2)cc1OC. The maximum absolute atomic E-state index is 5.64. The molecule has 4 aromatic rings. The number of benzene rings is 3. The summed E-state index contributed by atoms with van der Waals surface area (Å²) in [4.78, 5) is 29.8. The first-order chi connectivity index (χ1) is 20.5. The highest BCUT2D eigenvalue weighted by molar-refractivity contribution is 5.49. The highest BCUT2D eigenvalue weighted by atomic mass is 16.7. The monoisotopic (exact) mass is 582 g/mol. The lowest BCUT2D eigenvalue weighted by atomic mass is 10.3. The van der Waals surface area contributed by atoms with E-state index in [0.29, 0.717) is 51.7 Å². The molecule has 1 aromatic heterocycles. The highest BCUT2D eigenvalue weighted by Crippen LogP contribution is 2.33. The molecule has 0 bridgehead atoms. The van der Waals surface area contributed by atoms with Gasteiger partial charge in [-0.3, -0.25) is 0 Å². The van der Waals surface area contributed by atoms with Gasteiger partial charge in [-0.1, -0.05) is 0 Å². The normalized spacial score (nSPS) is 10.1. The molecule has 0 aliphatic rings. The zero-order chi connectivity index (χ0) is 29.9. The number of nitrogens with one attached hydrogen (secondary N) is 3. The van der Waals surface area contributed by atoms with Gasteiger partial charge >= 0.3 is 0 Å². The minimum Gasteiger partial charge on any atom is -0.493 e. The zero-order valence-electron chi connectivity index (χ0n) is 23.7. The van der Waals surface area contributed by atoms with Crippen molar-refractivity contribution >= 4 is 17.8 Å². The van der Waals surface area contributed by atoms with Gasteiger partial charge in [-0.15, -0.1) is 0 Å². The van der Waals surface area contributed by atoms with Crippen LogP contribution in [0.2, 0.25) is 0 Å². The highest BCUT2D eigenvalue weighted by Gasteiger charge is 2.13. The van der Waals surface area contributed by atoms with Crippen LogP contribution in [0.25, 0.3) is 0 Å². The number of nitrogens with zero attached hydrogens (tertiary/aromatic N) is 3. The van der Waals surface area contributed by atoms with Crippen molar-refractivity contribution in [1.29, 1.82) is 0 Å². The average Bonchev–Trinajstić information content (AvgIpc) is 3.04. The first-order valence-corrected chi connectivity index (χ1v) is 12.2. The van der Waals surface area contributed by atoms with Crippen LogP contribution in [0.4, 0.5) is 17.8 Å². The Labute approximate surface area is 241 Å².